The quantitative estimate of drug-likeness (QED) is 0.660. The molecule has 1 aliphatic heterocycles. The Morgan fingerprint density at radius 1 is 1.35 bits per heavy atom. The van der Waals surface area contributed by atoms with Gasteiger partial charge in [0.1, 0.15) is 0 Å². The Labute approximate surface area is 122 Å². The second kappa shape index (κ2) is 7.93. The lowest BCUT2D eigenvalue weighted by molar-refractivity contribution is -0.124. The average Bonchev–Trinajstić information content (AvgIpc) is 2.43. The van der Waals surface area contributed by atoms with Crippen LogP contribution in [0.25, 0.3) is 0 Å². The molecule has 0 bridgehead atoms. The van der Waals surface area contributed by atoms with Crippen LogP contribution in [-0.4, -0.2) is 80.8 Å². The van der Waals surface area contributed by atoms with Gasteiger partial charge in [-0.15, -0.1) is 0 Å². The molecule has 20 heavy (non-hydrogen) atoms. The van der Waals surface area contributed by atoms with Crippen molar-refractivity contribution in [2.45, 2.75) is 31.9 Å². The summed E-state index contributed by atoms with van der Waals surface area (Å²) in [5, 5.41) is 3.00. The number of nitrogens with zero attached hydrogens (tertiary/aromatic N) is 2. The van der Waals surface area contributed by atoms with E-state index in [4.69, 9.17) is 10.5 Å². The summed E-state index contributed by atoms with van der Waals surface area (Å²) in [5.41, 5.74) is 5.50. The highest BCUT2D eigenvalue weighted by molar-refractivity contribution is 5.76. The molecule has 1 amide bonds. The highest BCUT2D eigenvalue weighted by Gasteiger charge is 2.29. The van der Waals surface area contributed by atoms with Crippen LogP contribution in [-0.2, 0) is 9.53 Å². The van der Waals surface area contributed by atoms with Crippen molar-refractivity contribution < 1.29 is 9.53 Å². The van der Waals surface area contributed by atoms with Gasteiger partial charge in [-0.2, -0.15) is 0 Å². The maximum absolute atomic E-state index is 11.9. The molecule has 0 aromatic rings. The first-order valence-corrected chi connectivity index (χ1v) is 7.32. The minimum atomic E-state index is -0.193. The Balaban J connectivity index is 2.36. The molecule has 1 unspecified atom stereocenters. The van der Waals surface area contributed by atoms with E-state index in [9.17, 15) is 4.79 Å². The average molecular weight is 286 g/mol. The molecule has 3 N–H and O–H groups in total. The molecule has 1 rings (SSSR count). The number of amides is 1. The summed E-state index contributed by atoms with van der Waals surface area (Å²) >= 11 is 0. The minimum absolute atomic E-state index is 0.00417. The zero-order valence-corrected chi connectivity index (χ0v) is 13.3. The maximum Gasteiger partial charge on any atom is 0.222 e. The summed E-state index contributed by atoms with van der Waals surface area (Å²) in [6, 6.07) is 0. The van der Waals surface area contributed by atoms with E-state index in [0.717, 1.165) is 26.2 Å². The van der Waals surface area contributed by atoms with Gasteiger partial charge in [-0.25, -0.2) is 0 Å². The molecule has 0 saturated carbocycles. The molecular weight excluding hydrogens is 256 g/mol. The van der Waals surface area contributed by atoms with Crippen LogP contribution in [0.15, 0.2) is 0 Å². The largest absolute Gasteiger partial charge is 0.380 e. The SMILES string of the molecule is COC(CN)CC(=O)NCC(C)(C)N1CCN(C)CC1. The number of nitrogens with one attached hydrogen (secondary N) is 1. The second-order valence-corrected chi connectivity index (χ2v) is 6.18. The number of carbonyl (C=O) groups is 1. The molecule has 1 heterocycles. The van der Waals surface area contributed by atoms with E-state index in [2.05, 4.69) is 36.0 Å². The van der Waals surface area contributed by atoms with Crippen LogP contribution in [0.4, 0.5) is 0 Å². The number of piperazine rings is 1. The number of hydrogen-bond acceptors (Lipinski definition) is 5. The van der Waals surface area contributed by atoms with Crippen LogP contribution in [0.3, 0.4) is 0 Å². The van der Waals surface area contributed by atoms with E-state index in [-0.39, 0.29) is 17.6 Å². The smallest absolute Gasteiger partial charge is 0.222 e. The number of hydrogen-bond donors (Lipinski definition) is 2. The van der Waals surface area contributed by atoms with Crippen molar-refractivity contribution in [3.05, 3.63) is 0 Å². The van der Waals surface area contributed by atoms with Gasteiger partial charge in [-0.05, 0) is 20.9 Å². The van der Waals surface area contributed by atoms with Crippen molar-refractivity contribution in [1.29, 1.82) is 0 Å². The first kappa shape index (κ1) is 17.4. The summed E-state index contributed by atoms with van der Waals surface area (Å²) in [7, 11) is 3.72. The Hall–Kier alpha value is -0.690. The van der Waals surface area contributed by atoms with Crippen molar-refractivity contribution in [3.63, 3.8) is 0 Å². The topological polar surface area (TPSA) is 70.8 Å². The van der Waals surface area contributed by atoms with Crippen molar-refractivity contribution >= 4 is 5.91 Å². The molecule has 0 aromatic carbocycles. The van der Waals surface area contributed by atoms with Crippen LogP contribution in [0.2, 0.25) is 0 Å². The molecule has 0 radical (unpaired) electrons. The van der Waals surface area contributed by atoms with Gasteiger partial charge in [-0.1, -0.05) is 0 Å². The lowest BCUT2D eigenvalue weighted by Crippen LogP contribution is -2.58. The third-order valence-corrected chi connectivity index (χ3v) is 4.09. The number of likely N-dealkylation sites (N-methyl/N-ethyl adjacent to an activating group) is 1. The van der Waals surface area contributed by atoms with Crippen LogP contribution < -0.4 is 11.1 Å². The van der Waals surface area contributed by atoms with Gasteiger partial charge >= 0.3 is 0 Å². The molecule has 1 atom stereocenters. The molecule has 6 nitrogen and oxygen atoms in total. The lowest BCUT2D eigenvalue weighted by Gasteiger charge is -2.43. The van der Waals surface area contributed by atoms with Crippen LogP contribution in [0, 0.1) is 0 Å². The van der Waals surface area contributed by atoms with E-state index in [1.807, 2.05) is 0 Å². The fourth-order valence-electron chi connectivity index (χ4n) is 2.38. The molecular formula is C14H30N4O2. The first-order chi connectivity index (χ1) is 9.39. The number of ether oxygens (including phenoxy) is 1. The monoisotopic (exact) mass is 286 g/mol. The van der Waals surface area contributed by atoms with Crippen molar-refractivity contribution in [2.75, 3.05) is 53.4 Å². The number of methoxy groups -OCH3 is 1. The standard InChI is InChI=1S/C14H30N4O2/c1-14(2,18-7-5-17(3)6-8-18)11-16-13(19)9-12(10-15)20-4/h12H,5-11,15H2,1-4H3,(H,16,19). The molecule has 1 fully saturated rings. The van der Waals surface area contributed by atoms with Crippen LogP contribution >= 0.6 is 0 Å². The van der Waals surface area contributed by atoms with E-state index >= 15 is 0 Å². The normalized spacial score (nSPS) is 19.9. The second-order valence-electron chi connectivity index (χ2n) is 6.18. The Morgan fingerprint density at radius 3 is 2.45 bits per heavy atom. The zero-order valence-electron chi connectivity index (χ0n) is 13.3. The molecule has 0 aromatic heterocycles. The van der Waals surface area contributed by atoms with E-state index in [0.29, 0.717) is 19.5 Å². The number of rotatable bonds is 7. The van der Waals surface area contributed by atoms with E-state index < -0.39 is 0 Å². The van der Waals surface area contributed by atoms with Gasteiger partial charge in [0.2, 0.25) is 5.91 Å². The van der Waals surface area contributed by atoms with Gasteiger partial charge in [0.05, 0.1) is 12.5 Å². The predicted molar refractivity (Wildman–Crippen MR) is 80.6 cm³/mol. The van der Waals surface area contributed by atoms with Crippen molar-refractivity contribution in [2.24, 2.45) is 5.73 Å². The molecule has 1 aliphatic rings. The predicted octanol–water partition coefficient (Wildman–Crippen LogP) is -0.508. The van der Waals surface area contributed by atoms with E-state index in [1.165, 1.54) is 0 Å². The Morgan fingerprint density at radius 2 is 1.95 bits per heavy atom. The number of carbonyl (C=O) groups excluding carboxylic acids is 1. The first-order valence-electron chi connectivity index (χ1n) is 7.32. The van der Waals surface area contributed by atoms with Gasteiger partial charge in [-0.3, -0.25) is 9.69 Å². The Kier molecular flexibility index (Phi) is 6.88. The fraction of sp³-hybridized carbons (Fsp3) is 0.929. The molecule has 0 spiro atoms. The molecule has 0 aliphatic carbocycles. The lowest BCUT2D eigenvalue weighted by atomic mass is 10.0. The van der Waals surface area contributed by atoms with Gasteiger partial charge in [0.25, 0.3) is 0 Å². The van der Waals surface area contributed by atoms with Crippen LogP contribution in [0.1, 0.15) is 20.3 Å². The third kappa shape index (κ3) is 5.36. The maximum atomic E-state index is 11.9. The summed E-state index contributed by atoms with van der Waals surface area (Å²) in [5.74, 6) is 0.00417. The highest BCUT2D eigenvalue weighted by Crippen LogP contribution is 2.15. The summed E-state index contributed by atoms with van der Waals surface area (Å²) in [4.78, 5) is 16.6. The van der Waals surface area contributed by atoms with Crippen LogP contribution in [0.5, 0.6) is 0 Å². The molecule has 6 heteroatoms. The van der Waals surface area contributed by atoms with Crippen molar-refractivity contribution in [3.8, 4) is 0 Å². The summed E-state index contributed by atoms with van der Waals surface area (Å²) < 4.78 is 5.13. The fourth-order valence-corrected chi connectivity index (χ4v) is 2.38. The van der Waals surface area contributed by atoms with Gasteiger partial charge in [0.15, 0.2) is 0 Å². The summed E-state index contributed by atoms with van der Waals surface area (Å²) in [6.07, 6.45) is 0.132. The molecule has 118 valence electrons. The summed E-state index contributed by atoms with van der Waals surface area (Å²) in [6.45, 7) is 9.62. The highest BCUT2D eigenvalue weighted by atomic mass is 16.5. The molecule has 1 saturated heterocycles. The van der Waals surface area contributed by atoms with Gasteiger partial charge < -0.3 is 20.7 Å². The van der Waals surface area contributed by atoms with Gasteiger partial charge in [0, 0.05) is 51.9 Å². The van der Waals surface area contributed by atoms with Crippen molar-refractivity contribution in [1.82, 2.24) is 15.1 Å². The Bertz CT molecular complexity index is 298. The number of nitrogens with two attached hydrogens (primary N) is 1. The zero-order chi connectivity index (χ0) is 15.2. The third-order valence-electron chi connectivity index (χ3n) is 4.09. The van der Waals surface area contributed by atoms with E-state index in [1.54, 1.807) is 7.11 Å². The minimum Gasteiger partial charge on any atom is -0.380 e.